The quantitative estimate of drug-likeness (QED) is 0.884. The molecule has 1 heterocycles. The third kappa shape index (κ3) is 3.21. The van der Waals surface area contributed by atoms with E-state index in [1.54, 1.807) is 0 Å². The van der Waals surface area contributed by atoms with Crippen molar-refractivity contribution in [3.63, 3.8) is 0 Å². The minimum Gasteiger partial charge on any atom is -0.492 e. The van der Waals surface area contributed by atoms with Gasteiger partial charge in [0.05, 0.1) is 12.6 Å². The van der Waals surface area contributed by atoms with Gasteiger partial charge in [0.2, 0.25) is 5.91 Å². The van der Waals surface area contributed by atoms with Crippen molar-refractivity contribution in [2.45, 2.75) is 31.7 Å². The number of fused-ring (bicyclic) bond motifs is 1. The summed E-state index contributed by atoms with van der Waals surface area (Å²) in [6, 6.07) is 16.5. The van der Waals surface area contributed by atoms with Gasteiger partial charge >= 0.3 is 0 Å². The van der Waals surface area contributed by atoms with E-state index in [4.69, 9.17) is 10.5 Å². The van der Waals surface area contributed by atoms with Crippen LogP contribution in [0.1, 0.15) is 37.3 Å². The van der Waals surface area contributed by atoms with Gasteiger partial charge in [-0.2, -0.15) is 0 Å². The molecule has 4 heteroatoms. The average molecular weight is 350 g/mol. The molecule has 136 valence electrons. The van der Waals surface area contributed by atoms with E-state index in [2.05, 4.69) is 29.6 Å². The predicted molar refractivity (Wildman–Crippen MR) is 103 cm³/mol. The molecule has 0 radical (unpaired) electrons. The molecule has 0 aromatic heterocycles. The van der Waals surface area contributed by atoms with Crippen LogP contribution < -0.4 is 15.8 Å². The van der Waals surface area contributed by atoms with Crippen LogP contribution in [0.3, 0.4) is 0 Å². The summed E-state index contributed by atoms with van der Waals surface area (Å²) < 4.78 is 6.02. The van der Waals surface area contributed by atoms with Gasteiger partial charge in [-0.1, -0.05) is 55.0 Å². The van der Waals surface area contributed by atoms with E-state index in [0.29, 0.717) is 19.1 Å². The Balaban J connectivity index is 1.59. The Morgan fingerprint density at radius 1 is 1.08 bits per heavy atom. The van der Waals surface area contributed by atoms with Crippen LogP contribution in [-0.4, -0.2) is 19.1 Å². The lowest BCUT2D eigenvalue weighted by Gasteiger charge is -2.30. The van der Waals surface area contributed by atoms with E-state index >= 15 is 0 Å². The van der Waals surface area contributed by atoms with Crippen LogP contribution in [-0.2, 0) is 4.79 Å². The molecule has 0 bridgehead atoms. The SMILES string of the molecule is NC[C@H]1CCC[C@H]1C(=O)NC1CCOc2c(-c3ccccc3)cccc21. The van der Waals surface area contributed by atoms with Gasteiger partial charge in [0.1, 0.15) is 5.75 Å². The van der Waals surface area contributed by atoms with E-state index in [0.717, 1.165) is 48.1 Å². The van der Waals surface area contributed by atoms with Crippen LogP contribution in [0.4, 0.5) is 0 Å². The van der Waals surface area contributed by atoms with Gasteiger partial charge in [-0.3, -0.25) is 4.79 Å². The molecular formula is C22H26N2O2. The van der Waals surface area contributed by atoms with Crippen LogP contribution >= 0.6 is 0 Å². The van der Waals surface area contributed by atoms with E-state index < -0.39 is 0 Å². The number of ether oxygens (including phenoxy) is 1. The van der Waals surface area contributed by atoms with Crippen molar-refractivity contribution in [2.24, 2.45) is 17.6 Å². The normalized spacial score (nSPS) is 24.6. The average Bonchev–Trinajstić information content (AvgIpc) is 3.17. The maximum absolute atomic E-state index is 12.8. The standard InChI is InChI=1S/C22H26N2O2/c23-14-16-8-4-10-18(16)22(25)24-20-12-13-26-21-17(9-5-11-19(20)21)15-6-2-1-3-7-15/h1-3,5-7,9,11,16,18,20H,4,8,10,12-14,23H2,(H,24,25)/t16-,18-,20?/m1/s1. The van der Waals surface area contributed by atoms with E-state index in [-0.39, 0.29) is 17.9 Å². The highest BCUT2D eigenvalue weighted by atomic mass is 16.5. The van der Waals surface area contributed by atoms with Crippen molar-refractivity contribution in [3.8, 4) is 16.9 Å². The lowest BCUT2D eigenvalue weighted by atomic mass is 9.92. The zero-order chi connectivity index (χ0) is 17.9. The fraction of sp³-hybridized carbons (Fsp3) is 0.409. The minimum atomic E-state index is 0.00827. The van der Waals surface area contributed by atoms with Gasteiger partial charge < -0.3 is 15.8 Å². The van der Waals surface area contributed by atoms with Crippen LogP contribution in [0.15, 0.2) is 48.5 Å². The molecule has 1 unspecified atom stereocenters. The monoisotopic (exact) mass is 350 g/mol. The number of carbonyl (C=O) groups excluding carboxylic acids is 1. The second-order valence-electron chi connectivity index (χ2n) is 7.32. The summed E-state index contributed by atoms with van der Waals surface area (Å²) >= 11 is 0. The highest BCUT2D eigenvalue weighted by Crippen LogP contribution is 2.40. The second-order valence-corrected chi connectivity index (χ2v) is 7.32. The lowest BCUT2D eigenvalue weighted by molar-refractivity contribution is -0.126. The van der Waals surface area contributed by atoms with Crippen molar-refractivity contribution in [1.82, 2.24) is 5.32 Å². The van der Waals surface area contributed by atoms with Crippen molar-refractivity contribution in [1.29, 1.82) is 0 Å². The van der Waals surface area contributed by atoms with Crippen molar-refractivity contribution < 1.29 is 9.53 Å². The summed E-state index contributed by atoms with van der Waals surface area (Å²) in [4.78, 5) is 12.8. The number of nitrogens with one attached hydrogen (secondary N) is 1. The van der Waals surface area contributed by atoms with Crippen molar-refractivity contribution in [3.05, 3.63) is 54.1 Å². The first-order valence-electron chi connectivity index (χ1n) is 9.59. The number of rotatable bonds is 4. The van der Waals surface area contributed by atoms with Gasteiger partial charge in [0.15, 0.2) is 0 Å². The number of amides is 1. The highest BCUT2D eigenvalue weighted by Gasteiger charge is 2.34. The van der Waals surface area contributed by atoms with Gasteiger partial charge in [-0.15, -0.1) is 0 Å². The Kier molecular flexibility index (Phi) is 4.93. The van der Waals surface area contributed by atoms with Crippen molar-refractivity contribution >= 4 is 5.91 Å². The summed E-state index contributed by atoms with van der Waals surface area (Å²) in [5.41, 5.74) is 9.15. The Morgan fingerprint density at radius 3 is 2.73 bits per heavy atom. The Labute approximate surface area is 154 Å². The first-order valence-corrected chi connectivity index (χ1v) is 9.59. The zero-order valence-electron chi connectivity index (χ0n) is 15.0. The summed E-state index contributed by atoms with van der Waals surface area (Å²) in [5.74, 6) is 1.44. The fourth-order valence-corrected chi connectivity index (χ4v) is 4.36. The number of hydrogen-bond acceptors (Lipinski definition) is 3. The summed E-state index contributed by atoms with van der Waals surface area (Å²) in [6.45, 7) is 1.22. The molecule has 1 aliphatic carbocycles. The number of para-hydroxylation sites is 1. The van der Waals surface area contributed by atoms with E-state index in [1.165, 1.54) is 0 Å². The van der Waals surface area contributed by atoms with Gasteiger partial charge in [-0.05, 0) is 30.9 Å². The predicted octanol–water partition coefficient (Wildman–Crippen LogP) is 3.67. The third-order valence-corrected chi connectivity index (χ3v) is 5.77. The maximum Gasteiger partial charge on any atom is 0.223 e. The van der Waals surface area contributed by atoms with E-state index in [1.807, 2.05) is 24.3 Å². The number of benzene rings is 2. The first kappa shape index (κ1) is 17.1. The Hall–Kier alpha value is -2.33. The smallest absolute Gasteiger partial charge is 0.223 e. The summed E-state index contributed by atoms with van der Waals surface area (Å²) in [7, 11) is 0. The molecule has 0 saturated heterocycles. The van der Waals surface area contributed by atoms with Crippen LogP contribution in [0.5, 0.6) is 5.75 Å². The Morgan fingerprint density at radius 2 is 1.92 bits per heavy atom. The van der Waals surface area contributed by atoms with E-state index in [9.17, 15) is 4.79 Å². The molecule has 26 heavy (non-hydrogen) atoms. The largest absolute Gasteiger partial charge is 0.492 e. The molecule has 1 saturated carbocycles. The summed E-state index contributed by atoms with van der Waals surface area (Å²) in [5, 5.41) is 3.29. The van der Waals surface area contributed by atoms with Gasteiger partial charge in [0.25, 0.3) is 0 Å². The molecule has 1 amide bonds. The van der Waals surface area contributed by atoms with Crippen LogP contribution in [0.25, 0.3) is 11.1 Å². The molecule has 3 atom stereocenters. The van der Waals surface area contributed by atoms with Crippen molar-refractivity contribution in [2.75, 3.05) is 13.2 Å². The van der Waals surface area contributed by atoms with Crippen LogP contribution in [0.2, 0.25) is 0 Å². The molecule has 2 aromatic carbocycles. The van der Waals surface area contributed by atoms with Gasteiger partial charge in [-0.25, -0.2) is 0 Å². The zero-order valence-corrected chi connectivity index (χ0v) is 15.0. The molecule has 4 nitrogen and oxygen atoms in total. The number of carbonyl (C=O) groups is 1. The minimum absolute atomic E-state index is 0.00827. The fourth-order valence-electron chi connectivity index (χ4n) is 4.36. The third-order valence-electron chi connectivity index (χ3n) is 5.77. The molecule has 4 rings (SSSR count). The summed E-state index contributed by atoms with van der Waals surface area (Å²) in [6.07, 6.45) is 3.92. The molecule has 2 aromatic rings. The second kappa shape index (κ2) is 7.50. The number of nitrogens with two attached hydrogens (primary N) is 1. The van der Waals surface area contributed by atoms with Gasteiger partial charge in [0, 0.05) is 23.5 Å². The molecule has 3 N–H and O–H groups in total. The number of hydrogen-bond donors (Lipinski definition) is 2. The molecule has 0 spiro atoms. The molecule has 1 aliphatic heterocycles. The lowest BCUT2D eigenvalue weighted by Crippen LogP contribution is -2.39. The molecular weight excluding hydrogens is 324 g/mol. The Bertz CT molecular complexity index is 775. The molecule has 1 fully saturated rings. The first-order chi connectivity index (χ1) is 12.8. The maximum atomic E-state index is 12.8. The highest BCUT2D eigenvalue weighted by molar-refractivity contribution is 5.80. The topological polar surface area (TPSA) is 64.4 Å². The van der Waals surface area contributed by atoms with Crippen LogP contribution in [0, 0.1) is 11.8 Å². The molecule has 2 aliphatic rings.